The fraction of sp³-hybridized carbons (Fsp3) is 0.242. The normalized spacial score (nSPS) is 10.3. The third-order valence-electron chi connectivity index (χ3n) is 5.72. The fourth-order valence-corrected chi connectivity index (χ4v) is 3.82. The first-order valence-electron chi connectivity index (χ1n) is 14.4. The fourth-order valence-electron chi connectivity index (χ4n) is 3.60. The minimum atomic E-state index is 0.421. The zero-order valence-electron chi connectivity index (χ0n) is 24.6. The lowest BCUT2D eigenvalue weighted by Gasteiger charge is -2.10. The third kappa shape index (κ3) is 15.1. The average Bonchev–Trinajstić information content (AvgIpc) is 3.06. The Morgan fingerprint density at radius 3 is 1.84 bits per heavy atom. The third-order valence-corrected chi connectivity index (χ3v) is 5.97. The number of nitrogens with zero attached hydrogens (tertiary/aromatic N) is 4. The van der Waals surface area contributed by atoms with Crippen molar-refractivity contribution in [3.05, 3.63) is 110 Å². The molecule has 0 aliphatic heterocycles. The second-order valence-corrected chi connectivity index (χ2v) is 9.60. The van der Waals surface area contributed by atoms with Gasteiger partial charge in [0.1, 0.15) is 11.5 Å². The van der Waals surface area contributed by atoms with Gasteiger partial charge in [-0.2, -0.15) is 5.26 Å². The molecule has 0 aliphatic rings. The number of ether oxygens (including phenoxy) is 2. The highest BCUT2D eigenvalue weighted by atomic mass is 32.1. The Balaban J connectivity index is 0.000000241. The van der Waals surface area contributed by atoms with Crippen LogP contribution < -0.4 is 30.7 Å². The molecule has 2 aromatic carbocycles. The molecule has 4 rings (SSSR count). The van der Waals surface area contributed by atoms with E-state index in [1.54, 1.807) is 24.8 Å². The van der Waals surface area contributed by atoms with Gasteiger partial charge in [0.15, 0.2) is 11.3 Å². The minimum Gasteiger partial charge on any atom is -0.494 e. The van der Waals surface area contributed by atoms with Gasteiger partial charge < -0.3 is 25.4 Å². The van der Waals surface area contributed by atoms with Crippen LogP contribution in [0.3, 0.4) is 0 Å². The number of rotatable bonds is 14. The van der Waals surface area contributed by atoms with Crippen molar-refractivity contribution >= 4 is 34.7 Å². The number of unbranched alkanes of at least 4 members (excludes halogenated alkanes) is 2. The quantitative estimate of drug-likeness (QED) is 0.0337. The van der Waals surface area contributed by atoms with Crippen molar-refractivity contribution in [3.8, 4) is 17.7 Å². The summed E-state index contributed by atoms with van der Waals surface area (Å²) in [4.78, 5) is 12.4. The topological polar surface area (TPSA) is 129 Å². The molecule has 4 N–H and O–H groups in total. The van der Waals surface area contributed by atoms with Gasteiger partial charge >= 0.3 is 0 Å². The van der Waals surface area contributed by atoms with Gasteiger partial charge in [0.2, 0.25) is 5.96 Å². The maximum Gasteiger partial charge on any atom is 0.209 e. The number of para-hydroxylation sites is 2. The van der Waals surface area contributed by atoms with E-state index < -0.39 is 0 Å². The first-order chi connectivity index (χ1) is 21.7. The van der Waals surface area contributed by atoms with Crippen molar-refractivity contribution in [1.29, 1.82) is 5.26 Å². The van der Waals surface area contributed by atoms with E-state index in [1.807, 2.05) is 91.1 Å². The molecule has 0 bridgehead atoms. The van der Waals surface area contributed by atoms with Crippen molar-refractivity contribution in [2.45, 2.75) is 25.7 Å². The van der Waals surface area contributed by atoms with Crippen LogP contribution >= 0.6 is 12.2 Å². The molecule has 228 valence electrons. The van der Waals surface area contributed by atoms with E-state index in [-0.39, 0.29) is 0 Å². The number of aliphatic imine (C=N–C) groups is 1. The Hall–Kier alpha value is -5.21. The molecule has 44 heavy (non-hydrogen) atoms. The van der Waals surface area contributed by atoms with Gasteiger partial charge in [0, 0.05) is 25.5 Å². The lowest BCUT2D eigenvalue weighted by Crippen LogP contribution is -2.29. The van der Waals surface area contributed by atoms with Crippen LogP contribution in [-0.2, 0) is 0 Å². The van der Waals surface area contributed by atoms with E-state index in [9.17, 15) is 0 Å². The Bertz CT molecular complexity index is 1390. The summed E-state index contributed by atoms with van der Waals surface area (Å²) in [5.74, 6) is 2.21. The zero-order chi connectivity index (χ0) is 30.9. The van der Waals surface area contributed by atoms with E-state index in [2.05, 4.69) is 36.2 Å². The molecule has 2 aromatic heterocycles. The molecular weight excluding hydrogens is 572 g/mol. The molecule has 0 saturated heterocycles. The molecule has 0 aliphatic carbocycles. The Morgan fingerprint density at radius 1 is 0.727 bits per heavy atom. The summed E-state index contributed by atoms with van der Waals surface area (Å²) in [6.45, 7) is 2.80. The molecule has 0 amide bonds. The van der Waals surface area contributed by atoms with E-state index in [1.165, 1.54) is 0 Å². The second kappa shape index (κ2) is 21.5. The first-order valence-corrected chi connectivity index (χ1v) is 14.8. The number of nitriles is 1. The predicted molar refractivity (Wildman–Crippen MR) is 180 cm³/mol. The summed E-state index contributed by atoms with van der Waals surface area (Å²) in [6, 6.07) is 27.0. The first kappa shape index (κ1) is 33.3. The number of pyridine rings is 2. The van der Waals surface area contributed by atoms with Crippen LogP contribution in [0.5, 0.6) is 11.5 Å². The van der Waals surface area contributed by atoms with Gasteiger partial charge in [0.25, 0.3) is 0 Å². The number of thiocarbonyl (C=S) groups is 1. The number of aromatic nitrogens is 2. The van der Waals surface area contributed by atoms with Crippen LogP contribution in [0.15, 0.2) is 115 Å². The van der Waals surface area contributed by atoms with Gasteiger partial charge in [-0.15, -0.1) is 0 Å². The van der Waals surface area contributed by atoms with Gasteiger partial charge in [-0.3, -0.25) is 20.3 Å². The SMILES string of the molecule is N#CNC(=NCCCCOc1ccccc1)Nc1cccnc1.S=C(NCCCCOc1ccccc1)Nc1cccnc1. The molecule has 11 heteroatoms. The van der Waals surface area contributed by atoms with Crippen molar-refractivity contribution in [3.63, 3.8) is 0 Å². The van der Waals surface area contributed by atoms with Crippen LogP contribution in [0, 0.1) is 11.5 Å². The molecule has 0 saturated carbocycles. The molecule has 2 heterocycles. The standard InChI is InChI=1S/C17H19N5O.C16H19N3OS/c18-14-21-17(22-15-7-6-10-19-13-15)20-11-4-5-12-23-16-8-2-1-3-9-16;21-16(19-14-7-6-10-17-13-14)18-11-4-5-12-20-15-8-2-1-3-9-15/h1-3,6-10,13H,4-5,11-12H2,(H2,20,21,22);1-3,6-10,13H,4-5,11-12H2,(H2,18,19,21). The highest BCUT2D eigenvalue weighted by Crippen LogP contribution is 2.10. The van der Waals surface area contributed by atoms with E-state index in [0.717, 1.165) is 55.1 Å². The maximum atomic E-state index is 8.76. The number of guanidine groups is 1. The number of anilines is 2. The molecular formula is C33H38N8O2S. The largest absolute Gasteiger partial charge is 0.494 e. The van der Waals surface area contributed by atoms with Crippen LogP contribution in [0.2, 0.25) is 0 Å². The minimum absolute atomic E-state index is 0.421. The summed E-state index contributed by atoms with van der Waals surface area (Å²) in [7, 11) is 0. The molecule has 0 spiro atoms. The molecule has 0 radical (unpaired) electrons. The van der Waals surface area contributed by atoms with Crippen LogP contribution in [-0.4, -0.2) is 47.3 Å². The Kier molecular flexibility index (Phi) is 16.3. The second-order valence-electron chi connectivity index (χ2n) is 9.19. The van der Waals surface area contributed by atoms with E-state index >= 15 is 0 Å². The number of nitrogens with one attached hydrogen (secondary N) is 4. The Morgan fingerprint density at radius 2 is 1.30 bits per heavy atom. The molecule has 0 fully saturated rings. The summed E-state index contributed by atoms with van der Waals surface area (Å²) in [6.07, 6.45) is 12.4. The number of hydrogen-bond acceptors (Lipinski definition) is 7. The number of hydrogen-bond donors (Lipinski definition) is 4. The predicted octanol–water partition coefficient (Wildman–Crippen LogP) is 6.01. The zero-order valence-corrected chi connectivity index (χ0v) is 25.4. The molecule has 10 nitrogen and oxygen atoms in total. The van der Waals surface area contributed by atoms with Gasteiger partial charge in [-0.25, -0.2) is 0 Å². The molecule has 4 aromatic rings. The number of benzene rings is 2. The van der Waals surface area contributed by atoms with Gasteiger partial charge in [-0.1, -0.05) is 36.4 Å². The van der Waals surface area contributed by atoms with Crippen LogP contribution in [0.25, 0.3) is 0 Å². The van der Waals surface area contributed by atoms with Crippen LogP contribution in [0.4, 0.5) is 11.4 Å². The smallest absolute Gasteiger partial charge is 0.209 e. The molecule has 0 atom stereocenters. The maximum absolute atomic E-state index is 8.76. The lowest BCUT2D eigenvalue weighted by molar-refractivity contribution is 0.307. The highest BCUT2D eigenvalue weighted by molar-refractivity contribution is 7.80. The highest BCUT2D eigenvalue weighted by Gasteiger charge is 2.00. The van der Waals surface area contributed by atoms with Crippen molar-refractivity contribution in [2.24, 2.45) is 4.99 Å². The summed E-state index contributed by atoms with van der Waals surface area (Å²) < 4.78 is 11.2. The van der Waals surface area contributed by atoms with Gasteiger partial charge in [0.05, 0.1) is 37.0 Å². The average molecular weight is 611 g/mol. The monoisotopic (exact) mass is 610 g/mol. The summed E-state index contributed by atoms with van der Waals surface area (Å²) in [5.41, 5.74) is 1.67. The van der Waals surface area contributed by atoms with Crippen LogP contribution in [0.1, 0.15) is 25.7 Å². The summed E-state index contributed by atoms with van der Waals surface area (Å²) >= 11 is 5.21. The van der Waals surface area contributed by atoms with Gasteiger partial charge in [-0.05, 0) is 86.4 Å². The Labute approximate surface area is 264 Å². The van der Waals surface area contributed by atoms with Crippen molar-refractivity contribution in [1.82, 2.24) is 20.6 Å². The lowest BCUT2D eigenvalue weighted by atomic mass is 10.3. The van der Waals surface area contributed by atoms with E-state index in [0.29, 0.717) is 30.8 Å². The van der Waals surface area contributed by atoms with E-state index in [4.69, 9.17) is 27.0 Å². The van der Waals surface area contributed by atoms with Crippen molar-refractivity contribution < 1.29 is 9.47 Å². The molecule has 0 unspecified atom stereocenters. The van der Waals surface area contributed by atoms with Crippen molar-refractivity contribution in [2.75, 3.05) is 36.9 Å². The summed E-state index contributed by atoms with van der Waals surface area (Å²) in [5, 5.41) is 21.2.